The molecular formula is C48H64F2O7. The van der Waals surface area contributed by atoms with Crippen LogP contribution in [0.2, 0.25) is 0 Å². The van der Waals surface area contributed by atoms with Gasteiger partial charge in [0, 0.05) is 41.8 Å². The molecular weight excluding hydrogens is 727 g/mol. The van der Waals surface area contributed by atoms with Crippen molar-refractivity contribution >= 4 is 11.9 Å². The molecule has 0 saturated heterocycles. The Balaban J connectivity index is 1.58. The predicted octanol–water partition coefficient (Wildman–Crippen LogP) is 10.5. The first-order valence-electron chi connectivity index (χ1n) is 21.0. The molecule has 2 aliphatic rings. The zero-order chi connectivity index (χ0) is 41.3. The third-order valence-electron chi connectivity index (χ3n) is 11.4. The zero-order valence-electron chi connectivity index (χ0n) is 34.4. The highest BCUT2D eigenvalue weighted by molar-refractivity contribution is 5.87. The Morgan fingerprint density at radius 3 is 1.98 bits per heavy atom. The van der Waals surface area contributed by atoms with Crippen LogP contribution in [-0.4, -0.2) is 55.2 Å². The van der Waals surface area contributed by atoms with Crippen LogP contribution in [0.15, 0.2) is 72.4 Å². The van der Waals surface area contributed by atoms with Crippen molar-refractivity contribution in [2.75, 3.05) is 33.0 Å². The Kier molecular flexibility index (Phi) is 18.7. The Morgan fingerprint density at radius 2 is 1.46 bits per heavy atom. The van der Waals surface area contributed by atoms with Crippen LogP contribution in [0.1, 0.15) is 120 Å². The van der Waals surface area contributed by atoms with Crippen molar-refractivity contribution in [3.05, 3.63) is 101 Å². The molecule has 0 amide bonds. The van der Waals surface area contributed by atoms with Crippen LogP contribution in [0.3, 0.4) is 0 Å². The van der Waals surface area contributed by atoms with E-state index in [9.17, 15) is 19.8 Å². The van der Waals surface area contributed by atoms with E-state index in [4.69, 9.17) is 14.2 Å². The van der Waals surface area contributed by atoms with Crippen molar-refractivity contribution in [2.24, 2.45) is 17.8 Å². The van der Waals surface area contributed by atoms with Gasteiger partial charge >= 0.3 is 11.9 Å². The average molecular weight is 791 g/mol. The maximum atomic E-state index is 16.3. The molecule has 4 rings (SSSR count). The maximum Gasteiger partial charge on any atom is 0.333 e. The van der Waals surface area contributed by atoms with E-state index >= 15 is 8.78 Å². The van der Waals surface area contributed by atoms with Crippen LogP contribution in [0.5, 0.6) is 5.75 Å². The van der Waals surface area contributed by atoms with Gasteiger partial charge in [0.15, 0.2) is 11.6 Å². The monoisotopic (exact) mass is 790 g/mol. The van der Waals surface area contributed by atoms with Crippen LogP contribution in [-0.2, 0) is 31.9 Å². The number of hydrogen-bond acceptors (Lipinski definition) is 7. The minimum atomic E-state index is -0.929. The zero-order valence-corrected chi connectivity index (χ0v) is 34.4. The smallest absolute Gasteiger partial charge is 0.333 e. The molecule has 2 aromatic carbocycles. The van der Waals surface area contributed by atoms with E-state index in [2.05, 4.69) is 32.2 Å². The summed E-state index contributed by atoms with van der Waals surface area (Å²) < 4.78 is 49.4. The van der Waals surface area contributed by atoms with Crippen LogP contribution >= 0.6 is 0 Å². The number of allylic oxidation sites excluding steroid dienone is 4. The summed E-state index contributed by atoms with van der Waals surface area (Å²) in [7, 11) is 0. The normalized spacial score (nSPS) is 18.0. The topological polar surface area (TPSA) is 102 Å². The highest BCUT2D eigenvalue weighted by Crippen LogP contribution is 2.41. The fourth-order valence-corrected chi connectivity index (χ4v) is 7.85. The average Bonchev–Trinajstić information content (AvgIpc) is 3.21. The molecule has 1 fully saturated rings. The number of benzene rings is 2. The van der Waals surface area contributed by atoms with E-state index in [1.807, 2.05) is 6.08 Å². The van der Waals surface area contributed by atoms with Crippen molar-refractivity contribution in [3.63, 3.8) is 0 Å². The lowest BCUT2D eigenvalue weighted by molar-refractivity contribution is -0.139. The third-order valence-corrected chi connectivity index (χ3v) is 11.4. The van der Waals surface area contributed by atoms with Gasteiger partial charge in [0.05, 0.1) is 19.8 Å². The summed E-state index contributed by atoms with van der Waals surface area (Å²) in [4.78, 5) is 24.1. The summed E-state index contributed by atoms with van der Waals surface area (Å²) in [6.45, 7) is 12.7. The summed E-state index contributed by atoms with van der Waals surface area (Å²) in [6.07, 6.45) is 19.1. The lowest BCUT2D eigenvalue weighted by Crippen LogP contribution is -2.17. The molecule has 57 heavy (non-hydrogen) atoms. The number of hydrogen-bond donors (Lipinski definition) is 2. The van der Waals surface area contributed by atoms with Gasteiger partial charge in [0.1, 0.15) is 5.75 Å². The number of aliphatic hydroxyl groups is 2. The largest absolute Gasteiger partial charge is 0.493 e. The quantitative estimate of drug-likeness (QED) is 0.0656. The van der Waals surface area contributed by atoms with Crippen LogP contribution < -0.4 is 4.74 Å². The number of aryl methyl sites for hydroxylation is 2. The molecule has 0 aliphatic heterocycles. The molecule has 0 spiro atoms. The van der Waals surface area contributed by atoms with E-state index in [0.29, 0.717) is 72.4 Å². The Hall–Kier alpha value is -4.08. The third kappa shape index (κ3) is 13.5. The molecule has 1 saturated carbocycles. The van der Waals surface area contributed by atoms with Crippen LogP contribution in [0.25, 0.3) is 11.1 Å². The molecule has 312 valence electrons. The molecule has 9 heteroatoms. The molecule has 2 N–H and O–H groups in total. The fourth-order valence-electron chi connectivity index (χ4n) is 7.85. The second-order valence-corrected chi connectivity index (χ2v) is 16.0. The molecule has 2 aliphatic carbocycles. The van der Waals surface area contributed by atoms with Gasteiger partial charge in [-0.1, -0.05) is 76.1 Å². The Labute approximate surface area is 338 Å². The molecule has 7 nitrogen and oxygen atoms in total. The van der Waals surface area contributed by atoms with Gasteiger partial charge in [-0.05, 0) is 130 Å². The Morgan fingerprint density at radius 1 is 0.842 bits per heavy atom. The van der Waals surface area contributed by atoms with Gasteiger partial charge in [-0.3, -0.25) is 0 Å². The summed E-state index contributed by atoms with van der Waals surface area (Å²) in [5, 5.41) is 19.2. The molecule has 0 heterocycles. The molecule has 1 unspecified atom stereocenters. The van der Waals surface area contributed by atoms with E-state index in [1.165, 1.54) is 56.9 Å². The van der Waals surface area contributed by atoms with Gasteiger partial charge in [-0.15, -0.1) is 0 Å². The second-order valence-electron chi connectivity index (χ2n) is 16.0. The first-order chi connectivity index (χ1) is 27.5. The summed E-state index contributed by atoms with van der Waals surface area (Å²) >= 11 is 0. The van der Waals surface area contributed by atoms with Crippen molar-refractivity contribution in [3.8, 4) is 16.9 Å². The minimum Gasteiger partial charge on any atom is -0.493 e. The van der Waals surface area contributed by atoms with Gasteiger partial charge in [-0.25, -0.2) is 18.4 Å². The van der Waals surface area contributed by atoms with Crippen molar-refractivity contribution in [1.29, 1.82) is 0 Å². The molecule has 0 bridgehead atoms. The number of halogens is 2. The number of unbranched alkanes of at least 4 members (excludes halogenated alkanes) is 2. The number of aliphatic hydroxyl groups excluding tert-OH is 2. The van der Waals surface area contributed by atoms with Gasteiger partial charge in [0.25, 0.3) is 0 Å². The van der Waals surface area contributed by atoms with Gasteiger partial charge < -0.3 is 24.4 Å². The van der Waals surface area contributed by atoms with E-state index in [-0.39, 0.29) is 61.6 Å². The van der Waals surface area contributed by atoms with Crippen LogP contribution in [0, 0.1) is 29.4 Å². The predicted molar refractivity (Wildman–Crippen MR) is 222 cm³/mol. The summed E-state index contributed by atoms with van der Waals surface area (Å²) in [5.41, 5.74) is 4.19. The fraction of sp³-hybridized carbons (Fsp3) is 0.542. The number of rotatable bonds is 23. The van der Waals surface area contributed by atoms with Crippen molar-refractivity contribution in [1.82, 2.24) is 0 Å². The number of ether oxygens (including phenoxy) is 3. The lowest BCUT2D eigenvalue weighted by Gasteiger charge is -2.31. The first kappa shape index (κ1) is 45.6. The minimum absolute atomic E-state index is 0.111. The first-order valence-corrected chi connectivity index (χ1v) is 21.0. The van der Waals surface area contributed by atoms with Crippen LogP contribution in [0.4, 0.5) is 8.78 Å². The number of esters is 2. The lowest BCUT2D eigenvalue weighted by atomic mass is 9.75. The van der Waals surface area contributed by atoms with Crippen molar-refractivity contribution < 1.29 is 42.8 Å². The van der Waals surface area contributed by atoms with E-state index < -0.39 is 23.6 Å². The van der Waals surface area contributed by atoms with Gasteiger partial charge in [-0.2, -0.15) is 0 Å². The number of carbonyl (C=O) groups is 2. The maximum absolute atomic E-state index is 16.3. The van der Waals surface area contributed by atoms with E-state index in [0.717, 1.165) is 5.92 Å². The summed E-state index contributed by atoms with van der Waals surface area (Å²) in [5.74, 6) is -1.53. The second kappa shape index (κ2) is 23.4. The standard InChI is InChI=1S/C48H64F2O7/c1-6-7-8-11-34-14-16-36(17-15-34)37-18-20-38(21-19-37)42-22-23-43(45(50)44(42)49)41-28-39(12-9-25-56-47(53)32(2)3)46(55-27-24-35(30-51)31-52)40(29-41)13-10-26-57-48(54)33(4)5/h18-20,22-23,28-29,34-36,38,51-52H,2,4,6-17,21,24-27,30-31H2,1,3,5H3. The highest BCUT2D eigenvalue weighted by atomic mass is 19.2. The molecule has 2 aromatic rings. The molecule has 1 atom stereocenters. The molecule has 0 aromatic heterocycles. The van der Waals surface area contributed by atoms with Gasteiger partial charge in [0.2, 0.25) is 0 Å². The Bertz CT molecular complexity index is 1680. The number of carbonyl (C=O) groups excluding carboxylic acids is 2. The van der Waals surface area contributed by atoms with Crippen molar-refractivity contribution in [2.45, 2.75) is 117 Å². The molecule has 0 radical (unpaired) electrons. The highest BCUT2D eigenvalue weighted by Gasteiger charge is 2.27. The van der Waals surface area contributed by atoms with E-state index in [1.54, 1.807) is 38.1 Å². The SMILES string of the molecule is C=C(C)C(=O)OCCCc1cc(-c2ccc(C3C=CC(C4CCC(CCCCC)CC4)=CC3)c(F)c2F)cc(CCCOC(=O)C(=C)C)c1OCCC(CO)CO. The summed E-state index contributed by atoms with van der Waals surface area (Å²) in [6, 6.07) is 6.88.